The van der Waals surface area contributed by atoms with Crippen LogP contribution in [-0.2, 0) is 11.2 Å². The van der Waals surface area contributed by atoms with Gasteiger partial charge >= 0.3 is 0 Å². The molecule has 0 radical (unpaired) electrons. The first-order valence-electron chi connectivity index (χ1n) is 7.48. The molecule has 0 saturated heterocycles. The Labute approximate surface area is 156 Å². The standard InChI is InChI=1S/C17H14BrN3OS2/c1-17(15(22)20-16-21-19-9-23-16)8-12-11(7-13(18)24-12)14(17)10-5-3-2-4-6-10/h2-7,9,14H,8H2,1H3,(H,20,21,22). The van der Waals surface area contributed by atoms with Crippen molar-refractivity contribution in [2.24, 2.45) is 5.41 Å². The van der Waals surface area contributed by atoms with Crippen LogP contribution in [-0.4, -0.2) is 16.1 Å². The second-order valence-electron chi connectivity index (χ2n) is 6.06. The van der Waals surface area contributed by atoms with Gasteiger partial charge in [-0.3, -0.25) is 4.79 Å². The highest BCUT2D eigenvalue weighted by Crippen LogP contribution is 2.54. The number of fused-ring (bicyclic) bond motifs is 1. The Kier molecular flexibility index (Phi) is 4.02. The van der Waals surface area contributed by atoms with Gasteiger partial charge in [-0.2, -0.15) is 0 Å². The van der Waals surface area contributed by atoms with Crippen LogP contribution < -0.4 is 5.32 Å². The number of halogens is 1. The van der Waals surface area contributed by atoms with Gasteiger partial charge in [0.05, 0.1) is 9.20 Å². The summed E-state index contributed by atoms with van der Waals surface area (Å²) < 4.78 is 1.11. The van der Waals surface area contributed by atoms with E-state index in [4.69, 9.17) is 0 Å². The minimum atomic E-state index is -0.547. The second kappa shape index (κ2) is 6.06. The summed E-state index contributed by atoms with van der Waals surface area (Å²) in [5, 5.41) is 11.2. The summed E-state index contributed by atoms with van der Waals surface area (Å²) in [6.45, 7) is 2.04. The summed E-state index contributed by atoms with van der Waals surface area (Å²) in [6.07, 6.45) is 0.725. The number of nitrogens with one attached hydrogen (secondary N) is 1. The number of carbonyl (C=O) groups is 1. The Hall–Kier alpha value is -1.57. The molecule has 2 aromatic heterocycles. The van der Waals surface area contributed by atoms with Crippen molar-refractivity contribution in [3.05, 3.63) is 61.7 Å². The van der Waals surface area contributed by atoms with Crippen molar-refractivity contribution in [1.29, 1.82) is 0 Å². The molecular formula is C17H14BrN3OS2. The molecule has 3 aromatic rings. The largest absolute Gasteiger partial charge is 0.300 e. The van der Waals surface area contributed by atoms with Crippen molar-refractivity contribution >= 4 is 49.6 Å². The van der Waals surface area contributed by atoms with Crippen molar-refractivity contribution < 1.29 is 4.79 Å². The summed E-state index contributed by atoms with van der Waals surface area (Å²) in [5.74, 6) is 0.0248. The first-order valence-corrected chi connectivity index (χ1v) is 9.97. The van der Waals surface area contributed by atoms with Gasteiger partial charge in [-0.15, -0.1) is 21.5 Å². The third-order valence-electron chi connectivity index (χ3n) is 4.52. The lowest BCUT2D eigenvalue weighted by atomic mass is 9.73. The summed E-state index contributed by atoms with van der Waals surface area (Å²) in [7, 11) is 0. The van der Waals surface area contributed by atoms with Crippen molar-refractivity contribution in [1.82, 2.24) is 10.2 Å². The maximum absolute atomic E-state index is 13.1. The fourth-order valence-electron chi connectivity index (χ4n) is 3.44. The summed E-state index contributed by atoms with van der Waals surface area (Å²) in [4.78, 5) is 14.4. The van der Waals surface area contributed by atoms with Crippen molar-refractivity contribution in [2.75, 3.05) is 5.32 Å². The van der Waals surface area contributed by atoms with Crippen molar-refractivity contribution in [2.45, 2.75) is 19.3 Å². The molecule has 4 rings (SSSR count). The molecule has 1 aliphatic carbocycles. The van der Waals surface area contributed by atoms with E-state index in [9.17, 15) is 4.79 Å². The zero-order valence-corrected chi connectivity index (χ0v) is 16.0. The van der Waals surface area contributed by atoms with Gasteiger partial charge in [0.2, 0.25) is 11.0 Å². The molecule has 7 heteroatoms. The van der Waals surface area contributed by atoms with E-state index in [0.29, 0.717) is 5.13 Å². The van der Waals surface area contributed by atoms with Crippen LogP contribution in [0.2, 0.25) is 0 Å². The maximum Gasteiger partial charge on any atom is 0.233 e. The summed E-state index contributed by atoms with van der Waals surface area (Å²) in [6, 6.07) is 12.4. The van der Waals surface area contributed by atoms with Crippen LogP contribution in [0, 0.1) is 5.41 Å². The van der Waals surface area contributed by atoms with Gasteiger partial charge in [0.25, 0.3) is 0 Å². The molecule has 24 heavy (non-hydrogen) atoms. The number of thiophene rings is 1. The number of nitrogens with zero attached hydrogens (tertiary/aromatic N) is 2. The number of anilines is 1. The number of aromatic nitrogens is 2. The van der Waals surface area contributed by atoms with E-state index in [1.807, 2.05) is 25.1 Å². The van der Waals surface area contributed by atoms with E-state index in [1.54, 1.807) is 16.8 Å². The van der Waals surface area contributed by atoms with E-state index in [1.165, 1.54) is 21.8 Å². The molecule has 0 saturated carbocycles. The number of hydrogen-bond donors (Lipinski definition) is 1. The van der Waals surface area contributed by atoms with Crippen molar-refractivity contribution in [3.8, 4) is 0 Å². The normalized spacial score (nSPS) is 22.3. The van der Waals surface area contributed by atoms with Gasteiger partial charge in [-0.05, 0) is 46.5 Å². The van der Waals surface area contributed by atoms with E-state index >= 15 is 0 Å². The Balaban J connectivity index is 1.76. The molecule has 2 heterocycles. The second-order valence-corrected chi connectivity index (χ2v) is 9.41. The third-order valence-corrected chi connectivity index (χ3v) is 6.78. The highest BCUT2D eigenvalue weighted by atomic mass is 79.9. The molecule has 2 atom stereocenters. The molecule has 1 aromatic carbocycles. The SMILES string of the molecule is CC1(C(=O)Nc2nncs2)Cc2sc(Br)cc2C1c1ccccc1. The predicted molar refractivity (Wildman–Crippen MR) is 101 cm³/mol. The minimum absolute atomic E-state index is 0.00683. The molecule has 2 unspecified atom stereocenters. The molecule has 122 valence electrons. The van der Waals surface area contributed by atoms with Crippen LogP contribution in [0.1, 0.15) is 28.8 Å². The van der Waals surface area contributed by atoms with Crippen LogP contribution in [0.25, 0.3) is 0 Å². The minimum Gasteiger partial charge on any atom is -0.300 e. The highest BCUT2D eigenvalue weighted by molar-refractivity contribution is 9.11. The molecule has 1 N–H and O–H groups in total. The smallest absolute Gasteiger partial charge is 0.233 e. The Morgan fingerprint density at radius 3 is 2.88 bits per heavy atom. The zero-order chi connectivity index (χ0) is 16.7. The third kappa shape index (κ3) is 2.60. The van der Waals surface area contributed by atoms with Crippen LogP contribution >= 0.6 is 38.6 Å². The van der Waals surface area contributed by atoms with E-state index in [2.05, 4.69) is 49.6 Å². The number of benzene rings is 1. The fourth-order valence-corrected chi connectivity index (χ4v) is 5.80. The lowest BCUT2D eigenvalue weighted by molar-refractivity contribution is -0.125. The number of hydrogen-bond acceptors (Lipinski definition) is 5. The molecule has 4 nitrogen and oxygen atoms in total. The average molecular weight is 420 g/mol. The van der Waals surface area contributed by atoms with E-state index in [-0.39, 0.29) is 11.8 Å². The summed E-state index contributed by atoms with van der Waals surface area (Å²) in [5.41, 5.74) is 3.48. The van der Waals surface area contributed by atoms with Crippen LogP contribution in [0.15, 0.2) is 45.7 Å². The quantitative estimate of drug-likeness (QED) is 0.669. The molecule has 0 bridgehead atoms. The first kappa shape index (κ1) is 15.9. The molecule has 0 spiro atoms. The van der Waals surface area contributed by atoms with Gasteiger partial charge in [-0.25, -0.2) is 0 Å². The molecular weight excluding hydrogens is 406 g/mol. The number of carbonyl (C=O) groups excluding carboxylic acids is 1. The van der Waals surface area contributed by atoms with Gasteiger partial charge in [-0.1, -0.05) is 41.7 Å². The van der Waals surface area contributed by atoms with Crippen molar-refractivity contribution in [3.63, 3.8) is 0 Å². The number of amides is 1. The van der Waals surface area contributed by atoms with Gasteiger partial charge in [0.1, 0.15) is 5.51 Å². The maximum atomic E-state index is 13.1. The fraction of sp³-hybridized carbons (Fsp3) is 0.235. The lowest BCUT2D eigenvalue weighted by Gasteiger charge is -2.30. The average Bonchev–Trinajstić information content (AvgIpc) is 3.24. The molecule has 1 aliphatic rings. The van der Waals surface area contributed by atoms with Crippen LogP contribution in [0.5, 0.6) is 0 Å². The van der Waals surface area contributed by atoms with Crippen LogP contribution in [0.3, 0.4) is 0 Å². The highest BCUT2D eigenvalue weighted by Gasteiger charge is 2.49. The number of rotatable bonds is 3. The van der Waals surface area contributed by atoms with Crippen LogP contribution in [0.4, 0.5) is 5.13 Å². The first-order chi connectivity index (χ1) is 11.6. The molecule has 0 aliphatic heterocycles. The zero-order valence-electron chi connectivity index (χ0n) is 12.8. The van der Waals surface area contributed by atoms with Gasteiger partial charge in [0, 0.05) is 10.8 Å². The van der Waals surface area contributed by atoms with Gasteiger partial charge < -0.3 is 5.32 Å². The molecule has 0 fully saturated rings. The van der Waals surface area contributed by atoms with E-state index in [0.717, 1.165) is 15.8 Å². The summed E-state index contributed by atoms with van der Waals surface area (Å²) >= 11 is 6.63. The predicted octanol–water partition coefficient (Wildman–Crippen LogP) is 4.70. The van der Waals surface area contributed by atoms with Gasteiger partial charge in [0.15, 0.2) is 0 Å². The lowest BCUT2D eigenvalue weighted by Crippen LogP contribution is -2.37. The molecule has 1 amide bonds. The topological polar surface area (TPSA) is 54.9 Å². The van der Waals surface area contributed by atoms with E-state index < -0.39 is 5.41 Å². The Bertz CT molecular complexity index is 879. The Morgan fingerprint density at radius 1 is 1.38 bits per heavy atom. The monoisotopic (exact) mass is 419 g/mol. The Morgan fingerprint density at radius 2 is 2.17 bits per heavy atom.